The van der Waals surface area contributed by atoms with Gasteiger partial charge in [0.05, 0.1) is 6.21 Å². The summed E-state index contributed by atoms with van der Waals surface area (Å²) in [6, 6.07) is 24.4. The third-order valence-corrected chi connectivity index (χ3v) is 4.89. The van der Waals surface area contributed by atoms with E-state index in [1.54, 1.807) is 6.21 Å². The Kier molecular flexibility index (Phi) is 5.25. The second-order valence-corrected chi connectivity index (χ2v) is 7.08. The van der Waals surface area contributed by atoms with Crippen LogP contribution in [0, 0.1) is 13.8 Å². The van der Waals surface area contributed by atoms with Gasteiger partial charge in [-0.05, 0) is 53.1 Å². The first-order valence-corrected chi connectivity index (χ1v) is 9.54. The van der Waals surface area contributed by atoms with Crippen molar-refractivity contribution in [2.24, 2.45) is 5.10 Å². The van der Waals surface area contributed by atoms with Crippen LogP contribution in [0.25, 0.3) is 21.5 Å². The SMILES string of the molecule is Cc1ccc(OCC(=O)N/N=C\c2c3ccccc3cc3ccccc23)c(C)c1. The Morgan fingerprint density at radius 2 is 1.59 bits per heavy atom. The molecular formula is C25H22N2O2. The topological polar surface area (TPSA) is 50.7 Å². The summed E-state index contributed by atoms with van der Waals surface area (Å²) in [6.45, 7) is 3.90. The molecule has 1 N–H and O–H groups in total. The van der Waals surface area contributed by atoms with Crippen molar-refractivity contribution in [3.8, 4) is 5.75 Å². The van der Waals surface area contributed by atoms with Crippen LogP contribution >= 0.6 is 0 Å². The van der Waals surface area contributed by atoms with Crippen molar-refractivity contribution in [1.82, 2.24) is 5.43 Å². The Morgan fingerprint density at radius 1 is 0.931 bits per heavy atom. The molecule has 0 fully saturated rings. The summed E-state index contributed by atoms with van der Waals surface area (Å²) in [5.41, 5.74) is 5.71. The molecule has 0 unspecified atom stereocenters. The van der Waals surface area contributed by atoms with Crippen molar-refractivity contribution in [2.45, 2.75) is 13.8 Å². The Balaban J connectivity index is 1.51. The first-order valence-electron chi connectivity index (χ1n) is 9.54. The summed E-state index contributed by atoms with van der Waals surface area (Å²) in [4.78, 5) is 12.2. The van der Waals surface area contributed by atoms with Gasteiger partial charge in [0.25, 0.3) is 5.91 Å². The van der Waals surface area contributed by atoms with Crippen molar-refractivity contribution < 1.29 is 9.53 Å². The molecule has 0 bridgehead atoms. The van der Waals surface area contributed by atoms with E-state index in [1.165, 1.54) is 0 Å². The van der Waals surface area contributed by atoms with Crippen LogP contribution in [0.15, 0.2) is 77.9 Å². The minimum atomic E-state index is -0.300. The molecule has 0 saturated carbocycles. The maximum atomic E-state index is 12.2. The number of carbonyl (C=O) groups excluding carboxylic acids is 1. The summed E-state index contributed by atoms with van der Waals surface area (Å²) in [6.07, 6.45) is 1.71. The number of carbonyl (C=O) groups is 1. The third-order valence-electron chi connectivity index (χ3n) is 4.89. The zero-order chi connectivity index (χ0) is 20.2. The Morgan fingerprint density at radius 3 is 2.24 bits per heavy atom. The number of benzene rings is 4. The molecule has 0 aliphatic rings. The van der Waals surface area contributed by atoms with E-state index < -0.39 is 0 Å². The fourth-order valence-electron chi connectivity index (χ4n) is 3.49. The van der Waals surface area contributed by atoms with Crippen LogP contribution in [0.3, 0.4) is 0 Å². The molecule has 0 heterocycles. The lowest BCUT2D eigenvalue weighted by atomic mass is 9.97. The van der Waals surface area contributed by atoms with Crippen LogP contribution in [-0.4, -0.2) is 18.7 Å². The van der Waals surface area contributed by atoms with Crippen LogP contribution in [0.4, 0.5) is 0 Å². The van der Waals surface area contributed by atoms with Gasteiger partial charge in [-0.15, -0.1) is 0 Å². The molecular weight excluding hydrogens is 360 g/mol. The smallest absolute Gasteiger partial charge is 0.277 e. The van der Waals surface area contributed by atoms with Gasteiger partial charge in [0.1, 0.15) is 5.75 Å². The zero-order valence-corrected chi connectivity index (χ0v) is 16.5. The van der Waals surface area contributed by atoms with Gasteiger partial charge in [-0.1, -0.05) is 66.2 Å². The molecule has 0 aliphatic heterocycles. The molecule has 4 heteroatoms. The van der Waals surface area contributed by atoms with Gasteiger partial charge in [0.2, 0.25) is 0 Å². The summed E-state index contributed by atoms with van der Waals surface area (Å²) in [5, 5.41) is 8.65. The molecule has 4 aromatic rings. The minimum Gasteiger partial charge on any atom is -0.483 e. The lowest BCUT2D eigenvalue weighted by molar-refractivity contribution is -0.123. The first-order chi connectivity index (χ1) is 14.1. The van der Waals surface area contributed by atoms with Gasteiger partial charge >= 0.3 is 0 Å². The number of nitrogens with one attached hydrogen (secondary N) is 1. The van der Waals surface area contributed by atoms with E-state index in [4.69, 9.17) is 4.74 Å². The number of nitrogens with zero attached hydrogens (tertiary/aromatic N) is 1. The number of hydrazone groups is 1. The monoisotopic (exact) mass is 382 g/mol. The third kappa shape index (κ3) is 4.11. The molecule has 0 radical (unpaired) electrons. The lowest BCUT2D eigenvalue weighted by Crippen LogP contribution is -2.24. The van der Waals surface area contributed by atoms with Gasteiger partial charge in [-0.25, -0.2) is 5.43 Å². The zero-order valence-electron chi connectivity index (χ0n) is 16.5. The van der Waals surface area contributed by atoms with Crippen LogP contribution in [0.1, 0.15) is 16.7 Å². The average Bonchev–Trinajstić information content (AvgIpc) is 2.72. The summed E-state index contributed by atoms with van der Waals surface area (Å²) in [7, 11) is 0. The highest BCUT2D eigenvalue weighted by atomic mass is 16.5. The predicted molar refractivity (Wildman–Crippen MR) is 119 cm³/mol. The predicted octanol–water partition coefficient (Wildman–Crippen LogP) is 5.14. The average molecular weight is 382 g/mol. The maximum Gasteiger partial charge on any atom is 0.277 e. The van der Waals surface area contributed by atoms with E-state index in [2.05, 4.69) is 40.9 Å². The normalized spacial score (nSPS) is 11.2. The van der Waals surface area contributed by atoms with E-state index in [9.17, 15) is 4.79 Å². The van der Waals surface area contributed by atoms with Gasteiger partial charge < -0.3 is 4.74 Å². The largest absolute Gasteiger partial charge is 0.483 e. The molecule has 0 spiro atoms. The van der Waals surface area contributed by atoms with Gasteiger partial charge in [-0.3, -0.25) is 4.79 Å². The minimum absolute atomic E-state index is 0.0858. The second kappa shape index (κ2) is 8.15. The first kappa shape index (κ1) is 18.7. The fraction of sp³-hybridized carbons (Fsp3) is 0.120. The van der Waals surface area contributed by atoms with Crippen LogP contribution < -0.4 is 10.2 Å². The Bertz CT molecular complexity index is 1170. The molecule has 144 valence electrons. The van der Waals surface area contributed by atoms with Gasteiger partial charge in [-0.2, -0.15) is 5.10 Å². The number of rotatable bonds is 5. The Labute approximate surface area is 169 Å². The number of hydrogen-bond acceptors (Lipinski definition) is 3. The van der Waals surface area contributed by atoms with Crippen molar-refractivity contribution in [2.75, 3.05) is 6.61 Å². The molecule has 4 rings (SSSR count). The standard InChI is InChI=1S/C25H22N2O2/c1-17-11-12-24(18(2)13-17)29-16-25(28)27-26-15-23-21-9-5-3-7-19(21)14-20-8-4-6-10-22(20)23/h3-15H,16H2,1-2H3,(H,27,28)/b26-15-. The number of amides is 1. The van der Waals surface area contributed by atoms with E-state index in [0.29, 0.717) is 5.75 Å². The molecule has 29 heavy (non-hydrogen) atoms. The van der Waals surface area contributed by atoms with E-state index in [0.717, 1.165) is 38.2 Å². The Hall–Kier alpha value is -3.66. The molecule has 0 atom stereocenters. The van der Waals surface area contributed by atoms with Crippen molar-refractivity contribution in [3.63, 3.8) is 0 Å². The van der Waals surface area contributed by atoms with Crippen molar-refractivity contribution >= 4 is 33.7 Å². The van der Waals surface area contributed by atoms with E-state index in [1.807, 2.05) is 56.3 Å². The molecule has 4 nitrogen and oxygen atoms in total. The van der Waals surface area contributed by atoms with Gasteiger partial charge in [0.15, 0.2) is 6.61 Å². The highest BCUT2D eigenvalue weighted by Crippen LogP contribution is 2.27. The van der Waals surface area contributed by atoms with Crippen molar-refractivity contribution in [3.05, 3.63) is 89.5 Å². The number of aryl methyl sites for hydroxylation is 2. The van der Waals surface area contributed by atoms with Crippen molar-refractivity contribution in [1.29, 1.82) is 0 Å². The number of fused-ring (bicyclic) bond motifs is 2. The summed E-state index contributed by atoms with van der Waals surface area (Å²) >= 11 is 0. The van der Waals surface area contributed by atoms with Crippen LogP contribution in [0.2, 0.25) is 0 Å². The number of ether oxygens (including phenoxy) is 1. The number of hydrogen-bond donors (Lipinski definition) is 1. The molecule has 0 aliphatic carbocycles. The molecule has 1 amide bonds. The van der Waals surface area contributed by atoms with Crippen LogP contribution in [-0.2, 0) is 4.79 Å². The lowest BCUT2D eigenvalue weighted by Gasteiger charge is -2.09. The highest BCUT2D eigenvalue weighted by Gasteiger charge is 2.07. The van der Waals surface area contributed by atoms with E-state index >= 15 is 0 Å². The second-order valence-electron chi connectivity index (χ2n) is 7.08. The maximum absolute atomic E-state index is 12.2. The summed E-state index contributed by atoms with van der Waals surface area (Å²) in [5.74, 6) is 0.403. The molecule has 0 aromatic heterocycles. The summed E-state index contributed by atoms with van der Waals surface area (Å²) < 4.78 is 5.61. The molecule has 0 saturated heterocycles. The van der Waals surface area contributed by atoms with E-state index in [-0.39, 0.29) is 12.5 Å². The fourth-order valence-corrected chi connectivity index (χ4v) is 3.49. The molecule has 4 aromatic carbocycles. The quantitative estimate of drug-likeness (QED) is 0.295. The van der Waals surface area contributed by atoms with Gasteiger partial charge in [0, 0.05) is 5.56 Å². The van der Waals surface area contributed by atoms with Crippen LogP contribution in [0.5, 0.6) is 5.75 Å². The highest BCUT2D eigenvalue weighted by molar-refractivity contribution is 6.13.